The van der Waals surface area contributed by atoms with E-state index in [0.717, 1.165) is 23.4 Å². The zero-order valence-corrected chi connectivity index (χ0v) is 13.8. The maximum absolute atomic E-state index is 13.7. The van der Waals surface area contributed by atoms with Gasteiger partial charge in [-0.25, -0.2) is 22.9 Å². The van der Waals surface area contributed by atoms with Crippen LogP contribution in [0.25, 0.3) is 0 Å². The number of carbonyl (C=O) groups is 1. The van der Waals surface area contributed by atoms with Gasteiger partial charge in [0, 0.05) is 31.7 Å². The quantitative estimate of drug-likeness (QED) is 0.585. The monoisotopic (exact) mass is 358 g/mol. The molecular weight excluding hydrogens is 343 g/mol. The second-order valence-electron chi connectivity index (χ2n) is 4.61. The van der Waals surface area contributed by atoms with Crippen LogP contribution in [-0.2, 0) is 17.1 Å². The fourth-order valence-electron chi connectivity index (χ4n) is 1.75. The minimum absolute atomic E-state index is 0.273. The van der Waals surface area contributed by atoms with E-state index < -0.39 is 21.7 Å². The lowest BCUT2D eigenvalue weighted by Gasteiger charge is -2.07. The average Bonchev–Trinajstić information content (AvgIpc) is 2.88. The zero-order valence-electron chi connectivity index (χ0n) is 12.2. The number of thioether (sulfide) groups is 1. The van der Waals surface area contributed by atoms with Crippen LogP contribution < -0.4 is 10.5 Å². The summed E-state index contributed by atoms with van der Waals surface area (Å²) in [6.07, 6.45) is 3.46. The fourth-order valence-corrected chi connectivity index (χ4v) is 3.07. The molecule has 23 heavy (non-hydrogen) atoms. The SMILES string of the molecule is Cn1ccnc1SCCNC(=O)c1cc(S(N)(=O)=O)ccc1F. The number of carbonyl (C=O) groups excluding carboxylic acids is 1. The molecule has 0 saturated carbocycles. The van der Waals surface area contributed by atoms with Gasteiger partial charge in [0.25, 0.3) is 5.91 Å². The van der Waals surface area contributed by atoms with Crippen molar-refractivity contribution in [3.05, 3.63) is 42.0 Å². The number of aryl methyl sites for hydroxylation is 1. The first-order valence-electron chi connectivity index (χ1n) is 6.49. The van der Waals surface area contributed by atoms with Gasteiger partial charge >= 0.3 is 0 Å². The van der Waals surface area contributed by atoms with Gasteiger partial charge in [0.1, 0.15) is 5.82 Å². The van der Waals surface area contributed by atoms with Crippen molar-refractivity contribution in [2.24, 2.45) is 12.2 Å². The van der Waals surface area contributed by atoms with Gasteiger partial charge < -0.3 is 9.88 Å². The largest absolute Gasteiger partial charge is 0.351 e. The molecule has 2 aromatic rings. The molecule has 0 aliphatic carbocycles. The summed E-state index contributed by atoms with van der Waals surface area (Å²) >= 11 is 1.43. The summed E-state index contributed by atoms with van der Waals surface area (Å²) in [7, 11) is -2.15. The van der Waals surface area contributed by atoms with Gasteiger partial charge in [0.15, 0.2) is 5.16 Å². The minimum atomic E-state index is -4.00. The summed E-state index contributed by atoms with van der Waals surface area (Å²) in [4.78, 5) is 15.8. The van der Waals surface area contributed by atoms with Crippen LogP contribution in [0.5, 0.6) is 0 Å². The van der Waals surface area contributed by atoms with Crippen LogP contribution in [0.4, 0.5) is 4.39 Å². The molecule has 3 N–H and O–H groups in total. The number of nitrogens with two attached hydrogens (primary N) is 1. The van der Waals surface area contributed by atoms with E-state index in [1.165, 1.54) is 11.8 Å². The van der Waals surface area contributed by atoms with Crippen LogP contribution in [0.3, 0.4) is 0 Å². The average molecular weight is 358 g/mol. The topological polar surface area (TPSA) is 107 Å². The number of hydrogen-bond acceptors (Lipinski definition) is 5. The molecule has 0 aliphatic heterocycles. The lowest BCUT2D eigenvalue weighted by Crippen LogP contribution is -2.27. The third-order valence-corrected chi connectivity index (χ3v) is 4.88. The Morgan fingerprint density at radius 1 is 1.48 bits per heavy atom. The Bertz CT molecular complexity index is 820. The molecule has 10 heteroatoms. The summed E-state index contributed by atoms with van der Waals surface area (Å²) in [5.41, 5.74) is -0.362. The maximum Gasteiger partial charge on any atom is 0.254 e. The summed E-state index contributed by atoms with van der Waals surface area (Å²) in [5.74, 6) is -0.979. The van der Waals surface area contributed by atoms with Gasteiger partial charge in [0.05, 0.1) is 10.5 Å². The number of sulfonamides is 1. The lowest BCUT2D eigenvalue weighted by molar-refractivity contribution is 0.0952. The van der Waals surface area contributed by atoms with E-state index in [0.29, 0.717) is 5.75 Å². The first kappa shape index (κ1) is 17.4. The molecule has 0 unspecified atom stereocenters. The molecule has 7 nitrogen and oxygen atoms in total. The van der Waals surface area contributed by atoms with E-state index in [9.17, 15) is 17.6 Å². The highest BCUT2D eigenvalue weighted by molar-refractivity contribution is 7.99. The Hall–Kier alpha value is -1.91. The van der Waals surface area contributed by atoms with Gasteiger partial charge in [-0.15, -0.1) is 0 Å². The van der Waals surface area contributed by atoms with E-state index in [-0.39, 0.29) is 17.0 Å². The number of primary sulfonamides is 1. The molecule has 1 aromatic heterocycles. The summed E-state index contributed by atoms with van der Waals surface area (Å²) in [6, 6.07) is 2.83. The van der Waals surface area contributed by atoms with Crippen molar-refractivity contribution in [3.63, 3.8) is 0 Å². The predicted molar refractivity (Wildman–Crippen MR) is 84.0 cm³/mol. The third-order valence-electron chi connectivity index (χ3n) is 2.91. The first-order valence-corrected chi connectivity index (χ1v) is 9.03. The highest BCUT2D eigenvalue weighted by Crippen LogP contribution is 2.15. The van der Waals surface area contributed by atoms with Crippen LogP contribution in [0, 0.1) is 5.82 Å². The van der Waals surface area contributed by atoms with Crippen LogP contribution in [0.1, 0.15) is 10.4 Å². The van der Waals surface area contributed by atoms with Crippen molar-refractivity contribution in [1.82, 2.24) is 14.9 Å². The predicted octanol–water partition coefficient (Wildman–Crippen LogP) is 0.729. The number of hydrogen-bond donors (Lipinski definition) is 2. The van der Waals surface area contributed by atoms with Crippen molar-refractivity contribution in [1.29, 1.82) is 0 Å². The van der Waals surface area contributed by atoms with E-state index >= 15 is 0 Å². The molecule has 0 atom stereocenters. The third kappa shape index (κ3) is 4.53. The summed E-state index contributed by atoms with van der Waals surface area (Å²) in [6.45, 7) is 0.273. The number of imidazole rings is 1. The Kier molecular flexibility index (Phi) is 5.39. The van der Waals surface area contributed by atoms with Crippen LogP contribution in [-0.4, -0.2) is 36.2 Å². The number of amides is 1. The smallest absolute Gasteiger partial charge is 0.254 e. The van der Waals surface area contributed by atoms with Crippen molar-refractivity contribution >= 4 is 27.7 Å². The Balaban J connectivity index is 1.97. The second-order valence-corrected chi connectivity index (χ2v) is 7.24. The minimum Gasteiger partial charge on any atom is -0.351 e. The normalized spacial score (nSPS) is 11.4. The molecule has 1 heterocycles. The molecule has 0 aliphatic rings. The summed E-state index contributed by atoms with van der Waals surface area (Å²) < 4.78 is 38.0. The first-order chi connectivity index (χ1) is 10.8. The van der Waals surface area contributed by atoms with Gasteiger partial charge in [-0.05, 0) is 18.2 Å². The molecule has 0 bridgehead atoms. The van der Waals surface area contributed by atoms with Crippen molar-refractivity contribution < 1.29 is 17.6 Å². The second kappa shape index (κ2) is 7.11. The zero-order chi connectivity index (χ0) is 17.0. The molecule has 2 rings (SSSR count). The number of halogens is 1. The van der Waals surface area contributed by atoms with Gasteiger partial charge in [-0.3, -0.25) is 4.79 Å². The van der Waals surface area contributed by atoms with E-state index in [2.05, 4.69) is 10.3 Å². The number of aromatic nitrogens is 2. The molecular formula is C13H15FN4O3S2. The van der Waals surface area contributed by atoms with Gasteiger partial charge in [-0.2, -0.15) is 0 Å². The number of nitrogens with one attached hydrogen (secondary N) is 1. The Labute approximate surface area is 137 Å². The number of benzene rings is 1. The highest BCUT2D eigenvalue weighted by atomic mass is 32.2. The molecule has 0 spiro atoms. The van der Waals surface area contributed by atoms with Crippen LogP contribution in [0.2, 0.25) is 0 Å². The molecule has 124 valence electrons. The lowest BCUT2D eigenvalue weighted by atomic mass is 10.2. The summed E-state index contributed by atoms with van der Waals surface area (Å²) in [5, 5.41) is 8.29. The van der Waals surface area contributed by atoms with Gasteiger partial charge in [0.2, 0.25) is 10.0 Å². The Morgan fingerprint density at radius 2 is 2.22 bits per heavy atom. The number of rotatable bonds is 6. The van der Waals surface area contributed by atoms with Crippen LogP contribution >= 0.6 is 11.8 Å². The molecule has 0 radical (unpaired) electrons. The molecule has 0 fully saturated rings. The van der Waals surface area contributed by atoms with Crippen molar-refractivity contribution in [3.8, 4) is 0 Å². The maximum atomic E-state index is 13.7. The van der Waals surface area contributed by atoms with Crippen molar-refractivity contribution in [2.75, 3.05) is 12.3 Å². The standard InChI is InChI=1S/C13H15FN4O3S2/c1-18-6-4-17-13(18)22-7-5-16-12(19)10-8-9(23(15,20)21)2-3-11(10)14/h2-4,6,8H,5,7H2,1H3,(H,16,19)(H2,15,20,21). The van der Waals surface area contributed by atoms with Gasteiger partial charge in [-0.1, -0.05) is 11.8 Å². The van der Waals surface area contributed by atoms with E-state index in [1.54, 1.807) is 12.4 Å². The molecule has 0 saturated heterocycles. The fraction of sp³-hybridized carbons (Fsp3) is 0.231. The van der Waals surface area contributed by atoms with E-state index in [1.807, 2.05) is 11.6 Å². The number of nitrogens with zero attached hydrogens (tertiary/aromatic N) is 2. The molecule has 1 aromatic carbocycles. The van der Waals surface area contributed by atoms with E-state index in [4.69, 9.17) is 5.14 Å². The highest BCUT2D eigenvalue weighted by Gasteiger charge is 2.16. The van der Waals surface area contributed by atoms with Crippen molar-refractivity contribution in [2.45, 2.75) is 10.1 Å². The van der Waals surface area contributed by atoms with Crippen LogP contribution in [0.15, 0.2) is 40.6 Å². The Morgan fingerprint density at radius 3 is 2.83 bits per heavy atom. The molecule has 1 amide bonds.